The van der Waals surface area contributed by atoms with Crippen LogP contribution in [0.2, 0.25) is 0 Å². The fraction of sp³-hybridized carbons (Fsp3) is 0.720. The second-order valence-electron chi connectivity index (χ2n) is 9.12. The summed E-state index contributed by atoms with van der Waals surface area (Å²) in [7, 11) is 0. The van der Waals surface area contributed by atoms with Gasteiger partial charge in [-0.1, -0.05) is 29.8 Å². The number of ether oxygens (including phenoxy) is 2. The van der Waals surface area contributed by atoms with E-state index in [2.05, 4.69) is 67.5 Å². The summed E-state index contributed by atoms with van der Waals surface area (Å²) >= 11 is 0. The summed E-state index contributed by atoms with van der Waals surface area (Å²) in [6, 6.07) is 8.77. The topological polar surface area (TPSA) is 58.1 Å². The van der Waals surface area contributed by atoms with Crippen molar-refractivity contribution < 1.29 is 9.47 Å². The second-order valence-corrected chi connectivity index (χ2v) is 9.12. The Bertz CT molecular complexity index is 669. The molecule has 0 saturated carbocycles. The van der Waals surface area contributed by atoms with Crippen LogP contribution >= 0.6 is 0 Å². The summed E-state index contributed by atoms with van der Waals surface area (Å²) in [4.78, 5) is 7.43. The molecule has 2 N–H and O–H groups in total. The number of benzene rings is 1. The SMILES string of the molecule is CCNC(=NCC1CCCOC1c1ccc(C)cc1)NCCCN1CC(C)OC(C)C1. The van der Waals surface area contributed by atoms with Gasteiger partial charge in [0.25, 0.3) is 0 Å². The maximum atomic E-state index is 6.17. The largest absolute Gasteiger partial charge is 0.373 e. The minimum atomic E-state index is 0.145. The van der Waals surface area contributed by atoms with Gasteiger partial charge in [0.15, 0.2) is 5.96 Å². The molecule has 2 aliphatic rings. The van der Waals surface area contributed by atoms with Gasteiger partial charge in [-0.05, 0) is 52.5 Å². The van der Waals surface area contributed by atoms with Crippen molar-refractivity contribution >= 4 is 5.96 Å². The zero-order valence-electron chi connectivity index (χ0n) is 19.9. The molecule has 4 atom stereocenters. The Morgan fingerprint density at radius 1 is 1.13 bits per heavy atom. The van der Waals surface area contributed by atoms with Gasteiger partial charge in [0.1, 0.15) is 0 Å². The van der Waals surface area contributed by atoms with Gasteiger partial charge >= 0.3 is 0 Å². The number of guanidine groups is 1. The summed E-state index contributed by atoms with van der Waals surface area (Å²) in [5, 5.41) is 6.93. The van der Waals surface area contributed by atoms with E-state index in [1.54, 1.807) is 0 Å². The van der Waals surface area contributed by atoms with E-state index in [1.165, 1.54) is 11.1 Å². The molecule has 0 aliphatic carbocycles. The molecule has 31 heavy (non-hydrogen) atoms. The molecule has 0 spiro atoms. The van der Waals surface area contributed by atoms with Gasteiger partial charge in [-0.15, -0.1) is 0 Å². The van der Waals surface area contributed by atoms with Crippen LogP contribution in [0.3, 0.4) is 0 Å². The van der Waals surface area contributed by atoms with Crippen molar-refractivity contribution in [3.63, 3.8) is 0 Å². The van der Waals surface area contributed by atoms with Crippen LogP contribution in [-0.2, 0) is 9.47 Å². The Kier molecular flexibility index (Phi) is 9.62. The zero-order valence-corrected chi connectivity index (χ0v) is 19.9. The highest BCUT2D eigenvalue weighted by Gasteiger charge is 2.27. The molecule has 174 valence electrons. The van der Waals surface area contributed by atoms with Gasteiger partial charge < -0.3 is 20.1 Å². The molecular weight excluding hydrogens is 388 g/mol. The number of nitrogens with one attached hydrogen (secondary N) is 2. The van der Waals surface area contributed by atoms with Crippen LogP contribution in [0, 0.1) is 12.8 Å². The molecule has 6 nitrogen and oxygen atoms in total. The van der Waals surface area contributed by atoms with Crippen molar-refractivity contribution in [3.8, 4) is 0 Å². The predicted molar refractivity (Wildman–Crippen MR) is 128 cm³/mol. The number of nitrogens with zero attached hydrogens (tertiary/aromatic N) is 2. The lowest BCUT2D eigenvalue weighted by Crippen LogP contribution is -2.46. The average molecular weight is 431 g/mol. The van der Waals surface area contributed by atoms with E-state index in [1.807, 2.05) is 0 Å². The number of hydrogen-bond donors (Lipinski definition) is 2. The Labute approximate surface area is 188 Å². The second kappa shape index (κ2) is 12.4. The maximum Gasteiger partial charge on any atom is 0.191 e. The molecule has 2 heterocycles. The van der Waals surface area contributed by atoms with Gasteiger partial charge in [-0.2, -0.15) is 0 Å². The first-order valence-electron chi connectivity index (χ1n) is 12.1. The molecule has 4 unspecified atom stereocenters. The zero-order chi connectivity index (χ0) is 22.1. The van der Waals surface area contributed by atoms with Crippen molar-refractivity contribution in [1.29, 1.82) is 0 Å². The Morgan fingerprint density at radius 2 is 1.87 bits per heavy atom. The Hall–Kier alpha value is -1.63. The molecule has 2 saturated heterocycles. The third kappa shape index (κ3) is 7.78. The number of aryl methyl sites for hydroxylation is 1. The monoisotopic (exact) mass is 430 g/mol. The van der Waals surface area contributed by atoms with E-state index in [-0.39, 0.29) is 6.10 Å². The summed E-state index contributed by atoms with van der Waals surface area (Å²) in [6.45, 7) is 15.1. The lowest BCUT2D eigenvalue weighted by Gasteiger charge is -2.35. The Morgan fingerprint density at radius 3 is 2.58 bits per heavy atom. The van der Waals surface area contributed by atoms with Crippen LogP contribution < -0.4 is 10.6 Å². The number of hydrogen-bond acceptors (Lipinski definition) is 4. The van der Waals surface area contributed by atoms with E-state index in [4.69, 9.17) is 14.5 Å². The highest BCUT2D eigenvalue weighted by molar-refractivity contribution is 5.79. The van der Waals surface area contributed by atoms with Crippen molar-refractivity contribution in [1.82, 2.24) is 15.5 Å². The number of aliphatic imine (C=N–C) groups is 1. The molecule has 3 rings (SSSR count). The van der Waals surface area contributed by atoms with E-state index < -0.39 is 0 Å². The van der Waals surface area contributed by atoms with Crippen molar-refractivity contribution in [2.75, 3.05) is 45.9 Å². The van der Waals surface area contributed by atoms with Crippen molar-refractivity contribution in [2.45, 2.75) is 65.3 Å². The molecule has 0 amide bonds. The van der Waals surface area contributed by atoms with Crippen LogP contribution in [0.4, 0.5) is 0 Å². The average Bonchev–Trinajstić information content (AvgIpc) is 2.75. The minimum Gasteiger partial charge on any atom is -0.373 e. The quantitative estimate of drug-likeness (QED) is 0.375. The maximum absolute atomic E-state index is 6.17. The molecule has 0 aromatic heterocycles. The lowest BCUT2D eigenvalue weighted by molar-refractivity contribution is -0.0679. The molecule has 6 heteroatoms. The van der Waals surface area contributed by atoms with Crippen LogP contribution in [0.15, 0.2) is 29.3 Å². The fourth-order valence-electron chi connectivity index (χ4n) is 4.68. The molecule has 1 aromatic rings. The van der Waals surface area contributed by atoms with Crippen LogP contribution in [0.25, 0.3) is 0 Å². The van der Waals surface area contributed by atoms with Crippen molar-refractivity contribution in [2.24, 2.45) is 10.9 Å². The predicted octanol–water partition coefficient (Wildman–Crippen LogP) is 3.52. The highest BCUT2D eigenvalue weighted by atomic mass is 16.5. The highest BCUT2D eigenvalue weighted by Crippen LogP contribution is 2.33. The first-order chi connectivity index (χ1) is 15.0. The van der Waals surface area contributed by atoms with Gasteiger partial charge in [-0.3, -0.25) is 9.89 Å². The van der Waals surface area contributed by atoms with Crippen LogP contribution in [-0.4, -0.2) is 68.9 Å². The fourth-order valence-corrected chi connectivity index (χ4v) is 4.68. The number of morpholine rings is 1. The third-order valence-electron chi connectivity index (χ3n) is 6.12. The normalized spacial score (nSPS) is 27.8. The standard InChI is InChI=1S/C25H42N4O2/c1-5-26-25(27-13-7-14-29-17-20(3)31-21(4)18-29)28-16-23-8-6-15-30-24(23)22-11-9-19(2)10-12-22/h9-12,20-21,23-24H,5-8,13-18H2,1-4H3,(H2,26,27,28). The molecule has 2 fully saturated rings. The third-order valence-corrected chi connectivity index (χ3v) is 6.12. The molecule has 2 aliphatic heterocycles. The number of rotatable bonds is 8. The molecular formula is C25H42N4O2. The summed E-state index contributed by atoms with van der Waals surface area (Å²) < 4.78 is 12.0. The molecule has 1 aromatic carbocycles. The van der Waals surface area contributed by atoms with Crippen LogP contribution in [0.5, 0.6) is 0 Å². The van der Waals surface area contributed by atoms with E-state index >= 15 is 0 Å². The van der Waals surface area contributed by atoms with E-state index in [0.717, 1.165) is 71.1 Å². The van der Waals surface area contributed by atoms with E-state index in [9.17, 15) is 0 Å². The first-order valence-corrected chi connectivity index (χ1v) is 12.1. The Balaban J connectivity index is 1.49. The van der Waals surface area contributed by atoms with Gasteiger partial charge in [0.2, 0.25) is 0 Å². The van der Waals surface area contributed by atoms with Gasteiger partial charge in [0.05, 0.1) is 18.3 Å². The first kappa shape index (κ1) is 24.0. The lowest BCUT2D eigenvalue weighted by atomic mass is 9.89. The summed E-state index contributed by atoms with van der Waals surface area (Å²) in [5.74, 6) is 1.34. The summed E-state index contributed by atoms with van der Waals surface area (Å²) in [5.41, 5.74) is 2.56. The summed E-state index contributed by atoms with van der Waals surface area (Å²) in [6.07, 6.45) is 4.18. The minimum absolute atomic E-state index is 0.145. The van der Waals surface area contributed by atoms with Crippen molar-refractivity contribution in [3.05, 3.63) is 35.4 Å². The van der Waals surface area contributed by atoms with E-state index in [0.29, 0.717) is 18.1 Å². The van der Waals surface area contributed by atoms with Gasteiger partial charge in [0, 0.05) is 51.8 Å². The molecule has 0 radical (unpaired) electrons. The smallest absolute Gasteiger partial charge is 0.191 e. The van der Waals surface area contributed by atoms with Gasteiger partial charge in [-0.25, -0.2) is 0 Å². The molecule has 0 bridgehead atoms. The van der Waals surface area contributed by atoms with Crippen LogP contribution in [0.1, 0.15) is 57.3 Å².